The SMILES string of the molecule is N[C@H](c1ccsc1)c1ccccc1Sc1ccc(Cl)cc1. The minimum atomic E-state index is -0.0905. The molecule has 0 saturated carbocycles. The normalized spacial score (nSPS) is 12.3. The van der Waals surface area contributed by atoms with Crippen LogP contribution in [0.5, 0.6) is 0 Å². The van der Waals surface area contributed by atoms with Crippen LogP contribution >= 0.6 is 34.7 Å². The first-order chi connectivity index (χ1) is 10.2. The third-order valence-corrected chi connectivity index (χ3v) is 5.25. The van der Waals surface area contributed by atoms with Gasteiger partial charge in [-0.15, -0.1) is 0 Å². The van der Waals surface area contributed by atoms with Crippen molar-refractivity contribution >= 4 is 34.7 Å². The average molecular weight is 332 g/mol. The summed E-state index contributed by atoms with van der Waals surface area (Å²) in [4.78, 5) is 2.34. The molecular weight excluding hydrogens is 318 g/mol. The van der Waals surface area contributed by atoms with Crippen LogP contribution in [0.2, 0.25) is 5.02 Å². The quantitative estimate of drug-likeness (QED) is 0.673. The maximum absolute atomic E-state index is 6.41. The van der Waals surface area contributed by atoms with E-state index in [2.05, 4.69) is 29.0 Å². The lowest BCUT2D eigenvalue weighted by Gasteiger charge is -2.15. The van der Waals surface area contributed by atoms with E-state index in [1.54, 1.807) is 23.1 Å². The van der Waals surface area contributed by atoms with Crippen molar-refractivity contribution in [1.29, 1.82) is 0 Å². The molecule has 1 nitrogen and oxygen atoms in total. The smallest absolute Gasteiger partial charge is 0.0571 e. The van der Waals surface area contributed by atoms with Gasteiger partial charge in [0.1, 0.15) is 0 Å². The number of hydrogen-bond acceptors (Lipinski definition) is 3. The molecule has 1 aromatic heterocycles. The van der Waals surface area contributed by atoms with Crippen molar-refractivity contribution in [3.63, 3.8) is 0 Å². The highest BCUT2D eigenvalue weighted by Gasteiger charge is 2.14. The van der Waals surface area contributed by atoms with Gasteiger partial charge in [0, 0.05) is 14.8 Å². The molecule has 3 aromatic rings. The van der Waals surface area contributed by atoms with Gasteiger partial charge < -0.3 is 5.73 Å². The molecule has 0 fully saturated rings. The fraction of sp³-hybridized carbons (Fsp3) is 0.0588. The van der Waals surface area contributed by atoms with E-state index in [4.69, 9.17) is 17.3 Å². The summed E-state index contributed by atoms with van der Waals surface area (Å²) in [5.74, 6) is 0. The van der Waals surface area contributed by atoms with E-state index in [0.29, 0.717) is 0 Å². The highest BCUT2D eigenvalue weighted by molar-refractivity contribution is 7.99. The Morgan fingerprint density at radius 2 is 1.76 bits per heavy atom. The monoisotopic (exact) mass is 331 g/mol. The Kier molecular flexibility index (Phi) is 4.66. The summed E-state index contributed by atoms with van der Waals surface area (Å²) in [6.45, 7) is 0. The molecule has 3 rings (SSSR count). The Bertz CT molecular complexity index is 708. The number of thiophene rings is 1. The number of rotatable bonds is 4. The van der Waals surface area contributed by atoms with Crippen LogP contribution in [0, 0.1) is 0 Å². The lowest BCUT2D eigenvalue weighted by atomic mass is 10.0. The highest BCUT2D eigenvalue weighted by Crippen LogP contribution is 2.35. The Hall–Kier alpha value is -1.26. The summed E-state index contributed by atoms with van der Waals surface area (Å²) in [6.07, 6.45) is 0. The fourth-order valence-corrected chi connectivity index (χ4v) is 3.90. The van der Waals surface area contributed by atoms with E-state index in [9.17, 15) is 0 Å². The topological polar surface area (TPSA) is 26.0 Å². The second-order valence-electron chi connectivity index (χ2n) is 4.63. The van der Waals surface area contributed by atoms with Crippen LogP contribution in [0.3, 0.4) is 0 Å². The van der Waals surface area contributed by atoms with Crippen LogP contribution in [-0.2, 0) is 0 Å². The van der Waals surface area contributed by atoms with Gasteiger partial charge in [-0.05, 0) is 58.3 Å². The first-order valence-electron chi connectivity index (χ1n) is 6.54. The van der Waals surface area contributed by atoms with Gasteiger partial charge in [-0.1, -0.05) is 41.6 Å². The predicted molar refractivity (Wildman–Crippen MR) is 92.4 cm³/mol. The van der Waals surface area contributed by atoms with Gasteiger partial charge in [-0.3, -0.25) is 0 Å². The second-order valence-corrected chi connectivity index (χ2v) is 6.96. The molecule has 21 heavy (non-hydrogen) atoms. The van der Waals surface area contributed by atoms with Crippen LogP contribution in [0.15, 0.2) is 75.1 Å². The molecule has 0 radical (unpaired) electrons. The molecule has 106 valence electrons. The van der Waals surface area contributed by atoms with E-state index in [-0.39, 0.29) is 6.04 Å². The molecule has 1 heterocycles. The van der Waals surface area contributed by atoms with Crippen molar-refractivity contribution in [3.05, 3.63) is 81.5 Å². The van der Waals surface area contributed by atoms with Gasteiger partial charge in [0.25, 0.3) is 0 Å². The van der Waals surface area contributed by atoms with Crippen LogP contribution in [0.1, 0.15) is 17.2 Å². The standard InChI is InChI=1S/C17H14ClNS2/c18-13-5-7-14(8-6-13)21-16-4-2-1-3-15(16)17(19)12-9-10-20-11-12/h1-11,17H,19H2/t17-/m1/s1. The lowest BCUT2D eigenvalue weighted by Crippen LogP contribution is -2.11. The predicted octanol–water partition coefficient (Wildman–Crippen LogP) is 5.60. The lowest BCUT2D eigenvalue weighted by molar-refractivity contribution is 0.852. The minimum Gasteiger partial charge on any atom is -0.320 e. The molecule has 0 saturated heterocycles. The van der Waals surface area contributed by atoms with Crippen LogP contribution < -0.4 is 5.73 Å². The summed E-state index contributed by atoms with van der Waals surface area (Å²) in [5, 5.41) is 4.92. The van der Waals surface area contributed by atoms with Crippen LogP contribution in [0.4, 0.5) is 0 Å². The van der Waals surface area contributed by atoms with Gasteiger partial charge >= 0.3 is 0 Å². The molecule has 0 unspecified atom stereocenters. The summed E-state index contributed by atoms with van der Waals surface area (Å²) >= 11 is 9.32. The van der Waals surface area contributed by atoms with E-state index in [1.807, 2.05) is 36.4 Å². The van der Waals surface area contributed by atoms with Gasteiger partial charge in [0.2, 0.25) is 0 Å². The van der Waals surface area contributed by atoms with E-state index in [1.165, 1.54) is 4.90 Å². The number of benzene rings is 2. The largest absolute Gasteiger partial charge is 0.320 e. The highest BCUT2D eigenvalue weighted by atomic mass is 35.5. The summed E-state index contributed by atoms with van der Waals surface area (Å²) < 4.78 is 0. The van der Waals surface area contributed by atoms with E-state index < -0.39 is 0 Å². The van der Waals surface area contributed by atoms with E-state index >= 15 is 0 Å². The third kappa shape index (κ3) is 3.50. The number of halogens is 1. The Balaban J connectivity index is 1.91. The summed E-state index contributed by atoms with van der Waals surface area (Å²) in [6, 6.07) is 18.2. The zero-order valence-corrected chi connectivity index (χ0v) is 13.6. The molecule has 2 N–H and O–H groups in total. The maximum Gasteiger partial charge on any atom is 0.0571 e. The molecule has 0 spiro atoms. The molecule has 0 bridgehead atoms. The van der Waals surface area contributed by atoms with Gasteiger partial charge in [0.15, 0.2) is 0 Å². The molecule has 4 heteroatoms. The van der Waals surface area contributed by atoms with Gasteiger partial charge in [-0.2, -0.15) is 11.3 Å². The first-order valence-corrected chi connectivity index (χ1v) is 8.68. The Morgan fingerprint density at radius 3 is 2.48 bits per heavy atom. The fourth-order valence-electron chi connectivity index (χ4n) is 2.09. The zero-order chi connectivity index (χ0) is 14.7. The van der Waals surface area contributed by atoms with Crippen molar-refractivity contribution in [2.75, 3.05) is 0 Å². The van der Waals surface area contributed by atoms with Crippen molar-refractivity contribution < 1.29 is 0 Å². The summed E-state index contributed by atoms with van der Waals surface area (Å²) in [5.41, 5.74) is 8.72. The first kappa shape index (κ1) is 14.7. The molecule has 0 aliphatic heterocycles. The van der Waals surface area contributed by atoms with Crippen molar-refractivity contribution in [2.24, 2.45) is 5.73 Å². The number of nitrogens with two attached hydrogens (primary N) is 1. The molecule has 2 aromatic carbocycles. The van der Waals surface area contributed by atoms with Crippen molar-refractivity contribution in [1.82, 2.24) is 0 Å². The minimum absolute atomic E-state index is 0.0905. The summed E-state index contributed by atoms with van der Waals surface area (Å²) in [7, 11) is 0. The Morgan fingerprint density at radius 1 is 1.00 bits per heavy atom. The van der Waals surface area contributed by atoms with Crippen LogP contribution in [-0.4, -0.2) is 0 Å². The van der Waals surface area contributed by atoms with Crippen LogP contribution in [0.25, 0.3) is 0 Å². The molecular formula is C17H14ClNS2. The van der Waals surface area contributed by atoms with E-state index in [0.717, 1.165) is 21.0 Å². The molecule has 0 amide bonds. The van der Waals surface area contributed by atoms with Gasteiger partial charge in [-0.25, -0.2) is 0 Å². The zero-order valence-electron chi connectivity index (χ0n) is 11.2. The maximum atomic E-state index is 6.41. The Labute approximate surface area is 137 Å². The molecule has 0 aliphatic rings. The second kappa shape index (κ2) is 6.67. The van der Waals surface area contributed by atoms with Gasteiger partial charge in [0.05, 0.1) is 6.04 Å². The van der Waals surface area contributed by atoms with Crippen molar-refractivity contribution in [2.45, 2.75) is 15.8 Å². The third-order valence-electron chi connectivity index (χ3n) is 3.20. The molecule has 0 aliphatic carbocycles. The molecule has 1 atom stereocenters. The van der Waals surface area contributed by atoms with Crippen molar-refractivity contribution in [3.8, 4) is 0 Å². The number of hydrogen-bond donors (Lipinski definition) is 1. The average Bonchev–Trinajstić information content (AvgIpc) is 3.04.